The highest BCUT2D eigenvalue weighted by Gasteiger charge is 2.46. The van der Waals surface area contributed by atoms with Crippen LogP contribution in [0.5, 0.6) is 0 Å². The Morgan fingerprint density at radius 1 is 0.918 bits per heavy atom. The van der Waals surface area contributed by atoms with Crippen LogP contribution in [0.15, 0.2) is 42.7 Å². The van der Waals surface area contributed by atoms with E-state index in [1.54, 1.807) is 18.5 Å². The van der Waals surface area contributed by atoms with Gasteiger partial charge < -0.3 is 19.6 Å². The molecule has 0 saturated carbocycles. The van der Waals surface area contributed by atoms with Gasteiger partial charge in [0.1, 0.15) is 23.4 Å². The Balaban J connectivity index is 0.725. The largest absolute Gasteiger partial charge is 0.368 e. The molecule has 7 heterocycles. The molecule has 1 aromatic heterocycles. The molecule has 318 valence electrons. The van der Waals surface area contributed by atoms with E-state index in [0.29, 0.717) is 67.6 Å². The molecule has 5 fully saturated rings. The summed E-state index contributed by atoms with van der Waals surface area (Å²) in [7, 11) is 0. The number of piperazine rings is 1. The van der Waals surface area contributed by atoms with Crippen LogP contribution < -0.4 is 20.0 Å². The molecular weight excluding hydrogens is 803 g/mol. The fourth-order valence-corrected chi connectivity index (χ4v) is 10.6. The first-order valence-electron chi connectivity index (χ1n) is 21.2. The lowest BCUT2D eigenvalue weighted by atomic mass is 9.77. The van der Waals surface area contributed by atoms with Crippen molar-refractivity contribution >= 4 is 64.0 Å². The fourth-order valence-electron chi connectivity index (χ4n) is 10.3. The quantitative estimate of drug-likeness (QED) is 0.259. The van der Waals surface area contributed by atoms with Crippen LogP contribution >= 0.6 is 11.6 Å². The highest BCUT2D eigenvalue weighted by atomic mass is 35.5. The highest BCUT2D eigenvalue weighted by Crippen LogP contribution is 2.46. The predicted molar refractivity (Wildman–Crippen MR) is 225 cm³/mol. The third-order valence-electron chi connectivity index (χ3n) is 13.8. The van der Waals surface area contributed by atoms with Gasteiger partial charge in [0.05, 0.1) is 35.8 Å². The molecule has 6 aliphatic heterocycles. The number of carbonyl (C=O) groups is 5. The molecule has 3 aromatic rings. The smallest absolute Gasteiger partial charge is 0.274 e. The average molecular weight is 851 g/mol. The Kier molecular flexibility index (Phi) is 10.9. The van der Waals surface area contributed by atoms with E-state index in [2.05, 4.69) is 41.8 Å². The molecule has 6 aliphatic rings. The molecule has 61 heavy (non-hydrogen) atoms. The lowest BCUT2D eigenvalue weighted by Crippen LogP contribution is -2.54. The number of hydrogen-bond donors (Lipinski definition) is 1. The molecule has 1 spiro atoms. The van der Waals surface area contributed by atoms with Crippen molar-refractivity contribution < 1.29 is 28.4 Å². The summed E-state index contributed by atoms with van der Waals surface area (Å²) in [6.07, 6.45) is 8.26. The monoisotopic (exact) mass is 850 g/mol. The topological polar surface area (TPSA) is 147 Å². The molecule has 0 radical (unpaired) electrons. The van der Waals surface area contributed by atoms with Crippen molar-refractivity contribution in [3.8, 4) is 0 Å². The zero-order valence-electron chi connectivity index (χ0n) is 34.1. The van der Waals surface area contributed by atoms with Crippen molar-refractivity contribution in [1.29, 1.82) is 0 Å². The van der Waals surface area contributed by atoms with Gasteiger partial charge in [-0.1, -0.05) is 17.7 Å². The van der Waals surface area contributed by atoms with Gasteiger partial charge in [-0.2, -0.15) is 0 Å². The summed E-state index contributed by atoms with van der Waals surface area (Å²) in [5, 5.41) is 2.67. The number of anilines is 3. The third kappa shape index (κ3) is 7.78. The van der Waals surface area contributed by atoms with Crippen LogP contribution in [-0.4, -0.2) is 132 Å². The minimum Gasteiger partial charge on any atom is -0.368 e. The maximum atomic E-state index is 15.5. The number of amides is 5. The molecule has 17 heteroatoms. The Morgan fingerprint density at radius 2 is 1.64 bits per heavy atom. The first kappa shape index (κ1) is 40.7. The van der Waals surface area contributed by atoms with Gasteiger partial charge in [-0.05, 0) is 81.0 Å². The Labute approximate surface area is 358 Å². The van der Waals surface area contributed by atoms with Crippen LogP contribution in [0.3, 0.4) is 0 Å². The van der Waals surface area contributed by atoms with E-state index >= 15 is 4.39 Å². The summed E-state index contributed by atoms with van der Waals surface area (Å²) < 4.78 is 15.5. The second kappa shape index (κ2) is 16.3. The standard InChI is InChI=1S/C44H48ClFN10O5/c1-27-22-44(26-55(27)29-3-4-34(47-2)32(45)19-29)9-13-53(14-10-44)38-24-48-35(23-49-38)43(61)54-11-7-28(8-12-54)25-51-15-17-52(18-16-51)37-21-31-30(20-33(37)46)41(59)56(42(31)60)36-5-6-39(57)50-40(36)58/h3-4,19-21,23-24,27-28,36H,5-18,22,25-26H2,1H3,(H,50,57,58)/t27-,36?/m0/s1. The van der Waals surface area contributed by atoms with E-state index in [-0.39, 0.29) is 41.0 Å². The number of hydrogen-bond acceptors (Lipinski definition) is 11. The number of imide groups is 2. The van der Waals surface area contributed by atoms with Crippen LogP contribution in [0.2, 0.25) is 5.02 Å². The van der Waals surface area contributed by atoms with E-state index in [1.165, 1.54) is 6.07 Å². The number of fused-ring (bicyclic) bond motifs is 1. The summed E-state index contributed by atoms with van der Waals surface area (Å²) in [5.41, 5.74) is 2.32. The van der Waals surface area contributed by atoms with Gasteiger partial charge in [-0.3, -0.25) is 39.1 Å². The molecule has 2 aromatic carbocycles. The maximum absolute atomic E-state index is 15.5. The van der Waals surface area contributed by atoms with Crippen molar-refractivity contribution in [3.63, 3.8) is 0 Å². The number of nitrogens with one attached hydrogen (secondary N) is 1. The molecule has 0 bridgehead atoms. The zero-order chi connectivity index (χ0) is 42.6. The van der Waals surface area contributed by atoms with Crippen LogP contribution in [0.1, 0.15) is 83.1 Å². The van der Waals surface area contributed by atoms with Gasteiger partial charge in [-0.15, -0.1) is 0 Å². The second-order valence-electron chi connectivity index (χ2n) is 17.5. The number of aromatic nitrogens is 2. The molecule has 5 saturated heterocycles. The molecule has 1 N–H and O–H groups in total. The van der Waals surface area contributed by atoms with Crippen LogP contribution in [0.25, 0.3) is 4.85 Å². The minimum atomic E-state index is -1.11. The van der Waals surface area contributed by atoms with Crippen molar-refractivity contribution in [1.82, 2.24) is 30.0 Å². The number of rotatable bonds is 7. The van der Waals surface area contributed by atoms with Crippen molar-refractivity contribution in [2.24, 2.45) is 11.3 Å². The van der Waals surface area contributed by atoms with E-state index in [4.69, 9.17) is 18.2 Å². The zero-order valence-corrected chi connectivity index (χ0v) is 34.9. The number of nitrogens with zero attached hydrogens (tertiary/aromatic N) is 9. The van der Waals surface area contributed by atoms with Gasteiger partial charge in [0.15, 0.2) is 0 Å². The van der Waals surface area contributed by atoms with Gasteiger partial charge in [0, 0.05) is 88.6 Å². The van der Waals surface area contributed by atoms with Gasteiger partial charge in [0.2, 0.25) is 17.5 Å². The summed E-state index contributed by atoms with van der Waals surface area (Å²) in [4.78, 5) is 88.4. The van der Waals surface area contributed by atoms with Crippen LogP contribution in [0, 0.1) is 23.7 Å². The maximum Gasteiger partial charge on any atom is 0.274 e. The minimum absolute atomic E-state index is 0.0116. The normalized spacial score (nSPS) is 23.5. The number of halogens is 2. The number of carbonyl (C=O) groups excluding carboxylic acids is 5. The summed E-state index contributed by atoms with van der Waals surface area (Å²) >= 11 is 6.37. The van der Waals surface area contributed by atoms with E-state index in [0.717, 1.165) is 80.8 Å². The molecule has 0 aliphatic carbocycles. The molecular formula is C44H48ClFN10O5. The fraction of sp³-hybridized carbons (Fsp3) is 0.500. The Morgan fingerprint density at radius 3 is 2.30 bits per heavy atom. The predicted octanol–water partition coefficient (Wildman–Crippen LogP) is 4.78. The number of piperidine rings is 3. The summed E-state index contributed by atoms with van der Waals surface area (Å²) in [6, 6.07) is 7.49. The molecule has 1 unspecified atom stereocenters. The highest BCUT2D eigenvalue weighted by molar-refractivity contribution is 6.33. The first-order valence-corrected chi connectivity index (χ1v) is 21.6. The van der Waals surface area contributed by atoms with Crippen LogP contribution in [0.4, 0.5) is 27.3 Å². The summed E-state index contributed by atoms with van der Waals surface area (Å²) in [6.45, 7) is 16.8. The van der Waals surface area contributed by atoms with Gasteiger partial charge in [-0.25, -0.2) is 19.2 Å². The SMILES string of the molecule is [C-]#[N+]c1ccc(N2CC3(CCN(c4cnc(C(=O)N5CCC(CN6CCN(c7cc8c(cc7F)C(=O)N(C7CCC(=O)NC7=O)C8=O)CC6)CC5)cn4)CC3)C[C@@H]2C)cc1Cl. The van der Waals surface area contributed by atoms with E-state index in [1.807, 2.05) is 21.9 Å². The van der Waals surface area contributed by atoms with Crippen LogP contribution in [-0.2, 0) is 9.59 Å². The molecule has 15 nitrogen and oxygen atoms in total. The average Bonchev–Trinajstić information content (AvgIpc) is 3.71. The van der Waals surface area contributed by atoms with Gasteiger partial charge in [0.25, 0.3) is 17.7 Å². The first-order chi connectivity index (χ1) is 29.4. The molecule has 5 amide bonds. The Bertz CT molecular complexity index is 2320. The lowest BCUT2D eigenvalue weighted by molar-refractivity contribution is -0.136. The van der Waals surface area contributed by atoms with Crippen molar-refractivity contribution in [2.75, 3.05) is 80.1 Å². The molecule has 9 rings (SSSR count). The second-order valence-corrected chi connectivity index (χ2v) is 17.9. The van der Waals surface area contributed by atoms with E-state index in [9.17, 15) is 24.0 Å². The lowest BCUT2D eigenvalue weighted by Gasteiger charge is -2.40. The summed E-state index contributed by atoms with van der Waals surface area (Å²) in [5.74, 6) is -2.06. The third-order valence-corrected chi connectivity index (χ3v) is 14.1. The Hall–Kier alpha value is -5.66. The number of benzene rings is 2. The van der Waals surface area contributed by atoms with E-state index < -0.39 is 35.5 Å². The molecule has 2 atom stereocenters. The van der Waals surface area contributed by atoms with Gasteiger partial charge >= 0.3 is 0 Å². The van der Waals surface area contributed by atoms with Crippen molar-refractivity contribution in [2.45, 2.75) is 64.0 Å². The van der Waals surface area contributed by atoms with Crippen molar-refractivity contribution in [3.05, 3.63) is 81.8 Å². The number of likely N-dealkylation sites (tertiary alicyclic amines) is 1.